The van der Waals surface area contributed by atoms with E-state index in [2.05, 4.69) is 4.90 Å². The van der Waals surface area contributed by atoms with Crippen molar-refractivity contribution in [3.05, 3.63) is 35.1 Å². The van der Waals surface area contributed by atoms with E-state index in [1.807, 2.05) is 13.1 Å². The van der Waals surface area contributed by atoms with Gasteiger partial charge in [-0.3, -0.25) is 9.59 Å². The van der Waals surface area contributed by atoms with Gasteiger partial charge in [-0.2, -0.15) is 0 Å². The van der Waals surface area contributed by atoms with Crippen molar-refractivity contribution in [2.75, 3.05) is 20.1 Å². The fraction of sp³-hybridized carbons (Fsp3) is 0.556. The molecule has 0 aromatic heterocycles. The molecule has 216 valence electrons. The maximum absolute atomic E-state index is 13.1. The summed E-state index contributed by atoms with van der Waals surface area (Å²) in [4.78, 5) is 51.0. The van der Waals surface area contributed by atoms with Crippen LogP contribution in [0.15, 0.2) is 24.0 Å². The normalized spacial score (nSPS) is 29.2. The Balaban J connectivity index is 1.41. The largest absolute Gasteiger partial charge is 0.504 e. The molecule has 4 aliphatic rings. The molecule has 6 atom stereocenters. The number of carbonyl (C=O) groups is 4. The van der Waals surface area contributed by atoms with Gasteiger partial charge in [-0.1, -0.05) is 6.07 Å². The van der Waals surface area contributed by atoms with Crippen molar-refractivity contribution in [2.24, 2.45) is 5.73 Å². The summed E-state index contributed by atoms with van der Waals surface area (Å²) in [7, 11) is 1.95. The molecule has 0 unspecified atom stereocenters. The number of ether oxygens (including phenoxy) is 4. The zero-order valence-corrected chi connectivity index (χ0v) is 22.1. The minimum Gasteiger partial charge on any atom is -0.504 e. The number of rotatable bonds is 9. The fourth-order valence-corrected chi connectivity index (χ4v) is 6.57. The Bertz CT molecular complexity index is 1300. The van der Waals surface area contributed by atoms with E-state index in [4.69, 9.17) is 29.8 Å². The number of benzene rings is 1. The van der Waals surface area contributed by atoms with E-state index in [1.165, 1.54) is 0 Å². The monoisotopic (exact) mass is 560 g/mol. The quantitative estimate of drug-likeness (QED) is 0.231. The lowest BCUT2D eigenvalue weighted by molar-refractivity contribution is -0.179. The minimum absolute atomic E-state index is 0.0704. The molecule has 2 aliphatic carbocycles. The second kappa shape index (κ2) is 10.1. The van der Waals surface area contributed by atoms with Crippen LogP contribution in [0.3, 0.4) is 0 Å². The average molecular weight is 561 g/mol. The Morgan fingerprint density at radius 1 is 1.23 bits per heavy atom. The molecule has 2 heterocycles. The van der Waals surface area contributed by atoms with Crippen molar-refractivity contribution in [3.63, 3.8) is 0 Å². The number of hydrogen-bond acceptors (Lipinski definition) is 12. The van der Waals surface area contributed by atoms with Crippen LogP contribution in [0.25, 0.3) is 0 Å². The molecule has 1 spiro atoms. The number of phenols is 1. The van der Waals surface area contributed by atoms with Crippen LogP contribution < -0.4 is 10.5 Å². The van der Waals surface area contributed by atoms with Gasteiger partial charge in [0, 0.05) is 24.6 Å². The molecule has 40 heavy (non-hydrogen) atoms. The number of carboxylic acids is 1. The van der Waals surface area contributed by atoms with Crippen LogP contribution in [0.2, 0.25) is 0 Å². The van der Waals surface area contributed by atoms with Crippen molar-refractivity contribution in [1.82, 2.24) is 4.90 Å². The molecule has 13 heteroatoms. The minimum atomic E-state index is -1.77. The highest BCUT2D eigenvalue weighted by atomic mass is 16.6. The topological polar surface area (TPSA) is 195 Å². The molecule has 1 aromatic carbocycles. The Labute approximate surface area is 229 Å². The zero-order valence-electron chi connectivity index (χ0n) is 22.1. The van der Waals surface area contributed by atoms with E-state index in [0.717, 1.165) is 12.5 Å². The van der Waals surface area contributed by atoms with E-state index < -0.39 is 59.6 Å². The summed E-state index contributed by atoms with van der Waals surface area (Å²) < 4.78 is 21.8. The van der Waals surface area contributed by atoms with Gasteiger partial charge in [0.05, 0.1) is 23.9 Å². The third kappa shape index (κ3) is 4.19. The number of hydrogen-bond donors (Lipinski definition) is 4. The van der Waals surface area contributed by atoms with Gasteiger partial charge in [0.15, 0.2) is 23.7 Å². The first kappa shape index (κ1) is 27.9. The Hall–Kier alpha value is -3.68. The molecule has 2 aliphatic heterocycles. The van der Waals surface area contributed by atoms with Gasteiger partial charge in [-0.05, 0) is 51.1 Å². The summed E-state index contributed by atoms with van der Waals surface area (Å²) in [5.74, 6) is -4.25. The number of piperidine rings is 1. The number of aliphatic hydroxyl groups is 1. The van der Waals surface area contributed by atoms with Crippen LogP contribution in [0.5, 0.6) is 11.5 Å². The van der Waals surface area contributed by atoms with Crippen molar-refractivity contribution in [1.29, 1.82) is 0 Å². The van der Waals surface area contributed by atoms with Gasteiger partial charge in [-0.25, -0.2) is 9.59 Å². The van der Waals surface area contributed by atoms with E-state index >= 15 is 0 Å². The first-order chi connectivity index (χ1) is 18.9. The van der Waals surface area contributed by atoms with E-state index in [1.54, 1.807) is 12.1 Å². The molecule has 5 N–H and O–H groups in total. The number of nitrogens with two attached hydrogens (primary N) is 1. The van der Waals surface area contributed by atoms with Gasteiger partial charge in [0.25, 0.3) is 0 Å². The number of carbonyl (C=O) groups excluding carboxylic acids is 3. The lowest BCUT2D eigenvalue weighted by Crippen LogP contribution is -2.74. The number of phenolic OH excluding ortho intramolecular Hbond substituents is 1. The first-order valence-corrected chi connectivity index (χ1v) is 13.1. The molecule has 0 amide bonds. The number of aromatic hydroxyl groups is 1. The summed E-state index contributed by atoms with van der Waals surface area (Å²) in [5.41, 5.74) is 4.76. The van der Waals surface area contributed by atoms with E-state index in [0.29, 0.717) is 24.9 Å². The van der Waals surface area contributed by atoms with Gasteiger partial charge in [-0.15, -0.1) is 0 Å². The van der Waals surface area contributed by atoms with Crippen molar-refractivity contribution >= 4 is 23.9 Å². The molecule has 1 aromatic rings. The van der Waals surface area contributed by atoms with Crippen molar-refractivity contribution < 1.29 is 53.4 Å². The molecule has 0 saturated carbocycles. The number of nitrogens with zero attached hydrogens (tertiary/aromatic N) is 1. The molecule has 5 rings (SSSR count). The zero-order chi connectivity index (χ0) is 29.0. The number of esters is 3. The van der Waals surface area contributed by atoms with E-state index in [-0.39, 0.29) is 42.7 Å². The molecular weight excluding hydrogens is 528 g/mol. The standard InChI is InChI=1S/C27H32N2O11/c1-13(24(33)34)37-25(35)17(39-19(31)6-9-28)12-20(32)38-16-5-7-27(36)18-11-14-3-4-15(30)22-21(14)26(27,23(16)40-22)8-10-29(18)2/h3-5,13,17-18,23,30,36H,6-12,28H2,1-2H3,(H,33,34)/t13-,17-,18-,23-,26-,27+/m0/s1. The highest BCUT2D eigenvalue weighted by Gasteiger charge is 2.72. The summed E-state index contributed by atoms with van der Waals surface area (Å²) in [6.07, 6.45) is -2.52. The average Bonchev–Trinajstić information content (AvgIpc) is 3.25. The van der Waals surface area contributed by atoms with Gasteiger partial charge in [0.2, 0.25) is 6.10 Å². The van der Waals surface area contributed by atoms with Crippen LogP contribution in [-0.4, -0.2) is 94.2 Å². The van der Waals surface area contributed by atoms with Gasteiger partial charge >= 0.3 is 23.9 Å². The third-order valence-corrected chi connectivity index (χ3v) is 8.46. The number of likely N-dealkylation sites (N-methyl/N-ethyl adjacent to an activating group) is 1. The summed E-state index contributed by atoms with van der Waals surface area (Å²) in [6.45, 7) is 1.68. The molecule has 2 bridgehead atoms. The van der Waals surface area contributed by atoms with Crippen LogP contribution in [-0.2, 0) is 45.2 Å². The summed E-state index contributed by atoms with van der Waals surface area (Å²) in [6, 6.07) is 3.13. The van der Waals surface area contributed by atoms with Gasteiger partial charge in [0.1, 0.15) is 5.76 Å². The molecule has 1 saturated heterocycles. The predicted octanol–water partition coefficient (Wildman–Crippen LogP) is -0.120. The van der Waals surface area contributed by atoms with Gasteiger partial charge < -0.3 is 44.9 Å². The van der Waals surface area contributed by atoms with Crippen molar-refractivity contribution in [3.8, 4) is 11.5 Å². The van der Waals surface area contributed by atoms with E-state index in [9.17, 15) is 29.4 Å². The Morgan fingerprint density at radius 2 is 1.98 bits per heavy atom. The fourth-order valence-electron chi connectivity index (χ4n) is 6.57. The summed E-state index contributed by atoms with van der Waals surface area (Å²) in [5, 5.41) is 31.8. The first-order valence-electron chi connectivity index (χ1n) is 13.1. The number of likely N-dealkylation sites (tertiary alicyclic amines) is 1. The van der Waals surface area contributed by atoms with Crippen LogP contribution in [0.4, 0.5) is 0 Å². The maximum atomic E-state index is 13.1. The van der Waals surface area contributed by atoms with Crippen LogP contribution in [0.1, 0.15) is 43.7 Å². The van der Waals surface area contributed by atoms with Crippen molar-refractivity contribution in [2.45, 2.75) is 74.4 Å². The number of carboxylic acid groups (broad SMARTS) is 1. The van der Waals surface area contributed by atoms with Crippen LogP contribution >= 0.6 is 0 Å². The second-order valence-electron chi connectivity index (χ2n) is 10.7. The molecule has 1 fully saturated rings. The predicted molar refractivity (Wildman–Crippen MR) is 134 cm³/mol. The number of aliphatic carboxylic acids is 1. The lowest BCUT2D eigenvalue weighted by atomic mass is 9.50. The molecule has 0 radical (unpaired) electrons. The molecule has 13 nitrogen and oxygen atoms in total. The highest BCUT2D eigenvalue weighted by Crippen LogP contribution is 2.65. The maximum Gasteiger partial charge on any atom is 0.348 e. The Kier molecular flexibility index (Phi) is 7.01. The lowest BCUT2D eigenvalue weighted by Gasteiger charge is -2.61. The molecular formula is C27H32N2O11. The smallest absolute Gasteiger partial charge is 0.348 e. The van der Waals surface area contributed by atoms with Crippen LogP contribution in [0, 0.1) is 0 Å². The second-order valence-corrected chi connectivity index (χ2v) is 10.7. The highest BCUT2D eigenvalue weighted by molar-refractivity contribution is 5.86. The third-order valence-electron chi connectivity index (χ3n) is 8.46. The SMILES string of the molecule is C[C@H](OC(=O)[C@H](CC(=O)OC1=CC[C@@]2(O)[C@@H]3Cc4ccc(O)c5c4[C@@]2(CCN3C)[C@H]1O5)OC(=O)CCN)C(=O)O. The summed E-state index contributed by atoms with van der Waals surface area (Å²) >= 11 is 0. The Morgan fingerprint density at radius 3 is 2.67 bits per heavy atom.